The minimum absolute atomic E-state index is 0.0501. The number of rotatable bonds is 3. The number of nitrogens with one attached hydrogen (secondary N) is 1. The molecule has 0 fully saturated rings. The van der Waals surface area contributed by atoms with Gasteiger partial charge in [0.25, 0.3) is 0 Å². The molecule has 2 aromatic carbocycles. The number of hydrogen-bond donors (Lipinski definition) is 1. The van der Waals surface area contributed by atoms with E-state index in [1.54, 1.807) is 18.2 Å². The molecular formula is C17H13BrClNO2. The molecule has 0 aliphatic carbocycles. The smallest absolute Gasteiger partial charge is 0.240 e. The Morgan fingerprint density at radius 2 is 1.91 bits per heavy atom. The van der Waals surface area contributed by atoms with Crippen LogP contribution in [0.4, 0.5) is 5.69 Å². The van der Waals surface area contributed by atoms with E-state index < -0.39 is 5.41 Å². The molecule has 1 amide bonds. The van der Waals surface area contributed by atoms with Crippen LogP contribution >= 0.6 is 27.5 Å². The van der Waals surface area contributed by atoms with Crippen LogP contribution in [0.1, 0.15) is 24.5 Å². The predicted molar refractivity (Wildman–Crippen MR) is 90.3 cm³/mol. The first-order valence-electron chi connectivity index (χ1n) is 6.80. The summed E-state index contributed by atoms with van der Waals surface area (Å²) in [7, 11) is 0. The van der Waals surface area contributed by atoms with Crippen LogP contribution in [0.3, 0.4) is 0 Å². The van der Waals surface area contributed by atoms with Gasteiger partial charge in [-0.2, -0.15) is 0 Å². The van der Waals surface area contributed by atoms with Gasteiger partial charge in [0.15, 0.2) is 0 Å². The number of ketones is 1. The lowest BCUT2D eigenvalue weighted by molar-refractivity contribution is -0.125. The molecule has 2 aromatic rings. The molecule has 1 aliphatic rings. The molecule has 1 N–H and O–H groups in total. The maximum Gasteiger partial charge on any atom is 0.240 e. The van der Waals surface area contributed by atoms with E-state index in [4.69, 9.17) is 11.6 Å². The van der Waals surface area contributed by atoms with Crippen molar-refractivity contribution in [3.05, 3.63) is 63.1 Å². The fraction of sp³-hybridized carbons (Fsp3) is 0.176. The minimum atomic E-state index is -1.02. The molecule has 5 heteroatoms. The average Bonchev–Trinajstić information content (AvgIpc) is 2.72. The summed E-state index contributed by atoms with van der Waals surface area (Å²) in [6.07, 6.45) is 0.105. The molecule has 3 nitrogen and oxygen atoms in total. The standard InChI is InChI=1S/C17H13BrClNO2/c1-10(21)9-17(11-2-4-12(18)5-3-11)14-8-13(19)6-7-15(14)20-16(17)22/h2-8H,9H2,1H3,(H,20,22). The van der Waals surface area contributed by atoms with Gasteiger partial charge >= 0.3 is 0 Å². The lowest BCUT2D eigenvalue weighted by atomic mass is 9.72. The summed E-state index contributed by atoms with van der Waals surface area (Å²) in [5, 5.41) is 3.41. The van der Waals surface area contributed by atoms with Crippen molar-refractivity contribution < 1.29 is 9.59 Å². The number of carbonyl (C=O) groups is 2. The van der Waals surface area contributed by atoms with Crippen LogP contribution in [0.2, 0.25) is 5.02 Å². The molecule has 0 bridgehead atoms. The van der Waals surface area contributed by atoms with Gasteiger partial charge in [0, 0.05) is 21.6 Å². The normalized spacial score (nSPS) is 19.7. The first-order chi connectivity index (χ1) is 10.4. The van der Waals surface area contributed by atoms with Gasteiger partial charge in [-0.05, 0) is 48.4 Å². The Morgan fingerprint density at radius 3 is 2.55 bits per heavy atom. The highest BCUT2D eigenvalue weighted by Gasteiger charge is 2.49. The zero-order chi connectivity index (χ0) is 15.9. The van der Waals surface area contributed by atoms with E-state index in [1.165, 1.54) is 6.92 Å². The molecule has 1 atom stereocenters. The zero-order valence-electron chi connectivity index (χ0n) is 11.8. The lowest BCUT2D eigenvalue weighted by Crippen LogP contribution is -2.37. The summed E-state index contributed by atoms with van der Waals surface area (Å²) < 4.78 is 0.916. The summed E-state index contributed by atoms with van der Waals surface area (Å²) in [6.45, 7) is 1.50. The lowest BCUT2D eigenvalue weighted by Gasteiger charge is -2.27. The molecule has 0 aromatic heterocycles. The molecule has 0 saturated heterocycles. The third-order valence-corrected chi connectivity index (χ3v) is 4.69. The number of benzene rings is 2. The number of halogens is 2. The Hall–Kier alpha value is -1.65. The largest absolute Gasteiger partial charge is 0.325 e. The second-order valence-corrected chi connectivity index (χ2v) is 6.79. The van der Waals surface area contributed by atoms with Crippen molar-refractivity contribution in [3.63, 3.8) is 0 Å². The van der Waals surface area contributed by atoms with Crippen LogP contribution in [0.15, 0.2) is 46.9 Å². The van der Waals surface area contributed by atoms with Crippen molar-refractivity contribution in [2.75, 3.05) is 5.32 Å². The predicted octanol–water partition coefficient (Wildman–Crippen LogP) is 4.32. The third kappa shape index (κ3) is 2.36. The summed E-state index contributed by atoms with van der Waals surface area (Å²) in [5.41, 5.74) is 1.22. The van der Waals surface area contributed by atoms with Crippen LogP contribution in [0.5, 0.6) is 0 Å². The number of anilines is 1. The van der Waals surface area contributed by atoms with Crippen LogP contribution in [-0.4, -0.2) is 11.7 Å². The number of hydrogen-bond acceptors (Lipinski definition) is 2. The topological polar surface area (TPSA) is 46.2 Å². The van der Waals surface area contributed by atoms with Crippen molar-refractivity contribution in [2.24, 2.45) is 0 Å². The van der Waals surface area contributed by atoms with E-state index in [1.807, 2.05) is 24.3 Å². The van der Waals surface area contributed by atoms with Crippen molar-refractivity contribution in [2.45, 2.75) is 18.8 Å². The molecule has 1 aliphatic heterocycles. The van der Waals surface area contributed by atoms with Gasteiger partial charge in [0.05, 0.1) is 0 Å². The van der Waals surface area contributed by atoms with E-state index in [-0.39, 0.29) is 18.1 Å². The maximum absolute atomic E-state index is 12.8. The zero-order valence-corrected chi connectivity index (χ0v) is 14.2. The average molecular weight is 379 g/mol. The highest BCUT2D eigenvalue weighted by atomic mass is 79.9. The third-order valence-electron chi connectivity index (χ3n) is 3.93. The number of fused-ring (bicyclic) bond motifs is 1. The molecule has 112 valence electrons. The second-order valence-electron chi connectivity index (χ2n) is 5.44. The van der Waals surface area contributed by atoms with E-state index >= 15 is 0 Å². The summed E-state index contributed by atoms with van der Waals surface area (Å²) in [5.74, 6) is -0.242. The first-order valence-corrected chi connectivity index (χ1v) is 7.97. The molecule has 1 unspecified atom stereocenters. The van der Waals surface area contributed by atoms with Crippen molar-refractivity contribution in [1.29, 1.82) is 0 Å². The fourth-order valence-corrected chi connectivity index (χ4v) is 3.44. The summed E-state index contributed by atoms with van der Waals surface area (Å²) in [4.78, 5) is 24.6. The van der Waals surface area contributed by atoms with Gasteiger partial charge in [0.1, 0.15) is 11.2 Å². The van der Waals surface area contributed by atoms with Crippen molar-refractivity contribution >= 4 is 44.9 Å². The fourth-order valence-electron chi connectivity index (χ4n) is 3.00. The summed E-state index contributed by atoms with van der Waals surface area (Å²) in [6, 6.07) is 12.7. The molecule has 0 radical (unpaired) electrons. The number of Topliss-reactive ketones (excluding diaryl/α,β-unsaturated/α-hetero) is 1. The SMILES string of the molecule is CC(=O)CC1(c2ccc(Br)cc2)C(=O)Nc2ccc(Cl)cc21. The van der Waals surface area contributed by atoms with E-state index in [0.717, 1.165) is 15.6 Å². The quantitative estimate of drug-likeness (QED) is 0.864. The van der Waals surface area contributed by atoms with Crippen LogP contribution in [0.25, 0.3) is 0 Å². The molecule has 22 heavy (non-hydrogen) atoms. The number of carbonyl (C=O) groups excluding carboxylic acids is 2. The van der Waals surface area contributed by atoms with Gasteiger partial charge in [-0.15, -0.1) is 0 Å². The Kier molecular flexibility index (Phi) is 3.83. The molecule has 3 rings (SSSR count). The monoisotopic (exact) mass is 377 g/mol. The number of amides is 1. The highest BCUT2D eigenvalue weighted by molar-refractivity contribution is 9.10. The van der Waals surface area contributed by atoms with Gasteiger partial charge in [-0.3, -0.25) is 9.59 Å². The van der Waals surface area contributed by atoms with E-state index in [0.29, 0.717) is 10.7 Å². The van der Waals surface area contributed by atoms with Gasteiger partial charge in [-0.25, -0.2) is 0 Å². The maximum atomic E-state index is 12.8. The van der Waals surface area contributed by atoms with Crippen LogP contribution < -0.4 is 5.32 Å². The van der Waals surface area contributed by atoms with Gasteiger partial charge in [0.2, 0.25) is 5.91 Å². The molecular weight excluding hydrogens is 366 g/mol. The van der Waals surface area contributed by atoms with Crippen molar-refractivity contribution in [3.8, 4) is 0 Å². The Balaban J connectivity index is 2.27. The summed E-state index contributed by atoms with van der Waals surface area (Å²) >= 11 is 9.51. The molecule has 0 saturated carbocycles. The Bertz CT molecular complexity index is 773. The first kappa shape index (κ1) is 15.3. The van der Waals surface area contributed by atoms with Crippen LogP contribution in [0, 0.1) is 0 Å². The van der Waals surface area contributed by atoms with Crippen LogP contribution in [-0.2, 0) is 15.0 Å². The van der Waals surface area contributed by atoms with Crippen molar-refractivity contribution in [1.82, 2.24) is 0 Å². The Labute approximate surface area is 141 Å². The van der Waals surface area contributed by atoms with E-state index in [2.05, 4.69) is 21.2 Å². The Morgan fingerprint density at radius 1 is 1.23 bits per heavy atom. The van der Waals surface area contributed by atoms with E-state index in [9.17, 15) is 9.59 Å². The highest BCUT2D eigenvalue weighted by Crippen LogP contribution is 2.46. The minimum Gasteiger partial charge on any atom is -0.325 e. The van der Waals surface area contributed by atoms with Gasteiger partial charge < -0.3 is 5.32 Å². The molecule has 1 heterocycles. The molecule has 0 spiro atoms. The second kappa shape index (κ2) is 5.52. The van der Waals surface area contributed by atoms with Gasteiger partial charge in [-0.1, -0.05) is 39.7 Å².